The molecule has 8 nitrogen and oxygen atoms in total. The molecule has 3 rings (SSSR count). The molecule has 0 radical (unpaired) electrons. The lowest BCUT2D eigenvalue weighted by Crippen LogP contribution is -2.27. The first-order valence-electron chi connectivity index (χ1n) is 7.11. The third-order valence-corrected chi connectivity index (χ3v) is 4.63. The van der Waals surface area contributed by atoms with Crippen molar-refractivity contribution in [1.29, 1.82) is 0 Å². The molecule has 1 aromatic heterocycles. The van der Waals surface area contributed by atoms with Crippen LogP contribution in [-0.2, 0) is 0 Å². The van der Waals surface area contributed by atoms with E-state index in [1.165, 1.54) is 10.5 Å². The van der Waals surface area contributed by atoms with E-state index in [-0.39, 0.29) is 0 Å². The second-order valence-corrected chi connectivity index (χ2v) is 6.09. The Morgan fingerprint density at radius 2 is 2.30 bits per heavy atom. The lowest BCUT2D eigenvalue weighted by atomic mass is 10.0. The van der Waals surface area contributed by atoms with Crippen molar-refractivity contribution in [1.82, 2.24) is 20.6 Å². The van der Waals surface area contributed by atoms with Crippen LogP contribution in [-0.4, -0.2) is 28.5 Å². The Morgan fingerprint density at radius 3 is 3.09 bits per heavy atom. The van der Waals surface area contributed by atoms with Gasteiger partial charge in [-0.15, -0.1) is 0 Å². The maximum Gasteiger partial charge on any atom is 0.274 e. The van der Waals surface area contributed by atoms with Gasteiger partial charge in [-0.05, 0) is 24.5 Å². The Bertz CT molecular complexity index is 728. The number of hydrogen-bond donors (Lipinski definition) is 3. The van der Waals surface area contributed by atoms with Gasteiger partial charge in [-0.2, -0.15) is 0 Å². The number of nitrogens with zero attached hydrogens (tertiary/aromatic N) is 3. The number of hydrogen-bond acceptors (Lipinski definition) is 8. The van der Waals surface area contributed by atoms with Crippen LogP contribution in [0.5, 0.6) is 0 Å². The van der Waals surface area contributed by atoms with Gasteiger partial charge in [-0.25, -0.2) is 9.97 Å². The van der Waals surface area contributed by atoms with Gasteiger partial charge in [0, 0.05) is 36.6 Å². The lowest BCUT2D eigenvalue weighted by molar-refractivity contribution is -0.404. The monoisotopic (exact) mass is 332 g/mol. The van der Waals surface area contributed by atoms with E-state index in [1.807, 2.05) is 0 Å². The molecule has 9 heteroatoms. The Kier molecular flexibility index (Phi) is 4.47. The number of aromatic nitrogens is 2. The number of fused-ring (bicyclic) bond motifs is 1. The number of allylic oxidation sites excluding steroid dienone is 2. The highest BCUT2D eigenvalue weighted by molar-refractivity contribution is 8.03. The van der Waals surface area contributed by atoms with Gasteiger partial charge in [0.15, 0.2) is 11.6 Å². The van der Waals surface area contributed by atoms with Crippen molar-refractivity contribution in [2.24, 2.45) is 0 Å². The third-order valence-electron chi connectivity index (χ3n) is 3.47. The first-order valence-corrected chi connectivity index (χ1v) is 7.93. The molecule has 1 aliphatic carbocycles. The van der Waals surface area contributed by atoms with Crippen LogP contribution in [0.25, 0.3) is 0 Å². The predicted octanol–water partition coefficient (Wildman–Crippen LogP) is 1.81. The van der Waals surface area contributed by atoms with Crippen LogP contribution in [0.1, 0.15) is 12.8 Å². The molecule has 0 spiro atoms. The normalized spacial score (nSPS) is 16.7. The van der Waals surface area contributed by atoms with Gasteiger partial charge in [0.25, 0.3) is 6.20 Å². The van der Waals surface area contributed by atoms with Gasteiger partial charge in [0.2, 0.25) is 0 Å². The molecule has 2 aliphatic rings. The fraction of sp³-hybridized carbons (Fsp3) is 0.286. The second kappa shape index (κ2) is 6.69. The summed E-state index contributed by atoms with van der Waals surface area (Å²) >= 11 is 1.65. The molecule has 1 aromatic rings. The summed E-state index contributed by atoms with van der Waals surface area (Å²) in [6.45, 7) is 0.553. The number of anilines is 1. The van der Waals surface area contributed by atoms with Crippen LogP contribution in [0.3, 0.4) is 0 Å². The lowest BCUT2D eigenvalue weighted by Gasteiger charge is -2.25. The quantitative estimate of drug-likeness (QED) is 0.554. The number of nitro groups is 1. The number of nitrogens with one attached hydrogen (secondary N) is 3. The Balaban J connectivity index is 1.69. The van der Waals surface area contributed by atoms with Crippen LogP contribution in [0.2, 0.25) is 0 Å². The van der Waals surface area contributed by atoms with E-state index in [1.54, 1.807) is 31.2 Å². The molecule has 1 aliphatic heterocycles. The molecule has 2 heterocycles. The van der Waals surface area contributed by atoms with E-state index < -0.39 is 4.92 Å². The van der Waals surface area contributed by atoms with Gasteiger partial charge in [0.05, 0.1) is 4.92 Å². The molecular formula is C14H16N6O2S. The molecule has 0 aromatic carbocycles. The molecule has 0 bridgehead atoms. The summed E-state index contributed by atoms with van der Waals surface area (Å²) in [5.74, 6) is 1.16. The number of thioether (sulfide) groups is 1. The summed E-state index contributed by atoms with van der Waals surface area (Å²) in [5, 5.41) is 20.5. The molecule has 0 amide bonds. The van der Waals surface area contributed by atoms with Crippen molar-refractivity contribution >= 4 is 17.6 Å². The zero-order valence-corrected chi connectivity index (χ0v) is 13.3. The molecule has 3 N–H and O–H groups in total. The van der Waals surface area contributed by atoms with E-state index >= 15 is 0 Å². The average Bonchev–Trinajstić information content (AvgIpc) is 2.56. The van der Waals surface area contributed by atoms with E-state index in [9.17, 15) is 10.1 Å². The van der Waals surface area contributed by atoms with Crippen molar-refractivity contribution in [3.05, 3.63) is 56.8 Å². The fourth-order valence-corrected chi connectivity index (χ4v) is 3.33. The second-order valence-electron chi connectivity index (χ2n) is 5.01. The van der Waals surface area contributed by atoms with Crippen LogP contribution in [0.15, 0.2) is 51.7 Å². The fourth-order valence-electron chi connectivity index (χ4n) is 2.36. The average molecular weight is 332 g/mol. The van der Waals surface area contributed by atoms with Crippen molar-refractivity contribution in [3.63, 3.8) is 0 Å². The smallest absolute Gasteiger partial charge is 0.274 e. The van der Waals surface area contributed by atoms with Crippen molar-refractivity contribution in [3.8, 4) is 0 Å². The van der Waals surface area contributed by atoms with Crippen LogP contribution >= 0.6 is 11.8 Å². The minimum absolute atomic E-state index is 0.387. The highest BCUT2D eigenvalue weighted by Gasteiger charge is 2.22. The van der Waals surface area contributed by atoms with Crippen molar-refractivity contribution < 1.29 is 4.92 Å². The SMILES string of the molecule is CN/C(=C\[N+](=O)[O-])NCC1=CC2=C(CC1)Sc1nccnc1N2. The maximum absolute atomic E-state index is 10.5. The predicted molar refractivity (Wildman–Crippen MR) is 88.0 cm³/mol. The standard InChI is InChI=1S/C14H16N6O2S/c1-15-12(8-20(21)22)18-7-9-2-3-11-10(6-9)19-13-14(23-11)17-5-4-16-13/h4-6,8,15,18H,2-3,7H2,1H3,(H,16,19)/b12-8+. The minimum atomic E-state index is -0.482. The summed E-state index contributed by atoms with van der Waals surface area (Å²) < 4.78 is 0. The zero-order valence-electron chi connectivity index (χ0n) is 12.5. The van der Waals surface area contributed by atoms with Crippen LogP contribution in [0, 0.1) is 10.1 Å². The molecule has 120 valence electrons. The first-order chi connectivity index (χ1) is 11.2. The Morgan fingerprint density at radius 1 is 1.48 bits per heavy atom. The van der Waals surface area contributed by atoms with E-state index in [4.69, 9.17) is 0 Å². The third kappa shape index (κ3) is 3.62. The van der Waals surface area contributed by atoms with E-state index in [2.05, 4.69) is 32.0 Å². The van der Waals surface area contributed by atoms with E-state index in [0.29, 0.717) is 12.4 Å². The summed E-state index contributed by atoms with van der Waals surface area (Å²) in [7, 11) is 1.65. The maximum atomic E-state index is 10.5. The molecular weight excluding hydrogens is 316 g/mol. The van der Waals surface area contributed by atoms with Crippen molar-refractivity contribution in [2.75, 3.05) is 18.9 Å². The summed E-state index contributed by atoms with van der Waals surface area (Å²) in [4.78, 5) is 19.9. The van der Waals surface area contributed by atoms with Gasteiger partial charge >= 0.3 is 0 Å². The highest BCUT2D eigenvalue weighted by atomic mass is 32.2. The molecule has 0 fully saturated rings. The largest absolute Gasteiger partial charge is 0.370 e. The summed E-state index contributed by atoms with van der Waals surface area (Å²) in [5.41, 5.74) is 2.21. The summed E-state index contributed by atoms with van der Waals surface area (Å²) in [6.07, 6.45) is 8.18. The van der Waals surface area contributed by atoms with Gasteiger partial charge in [-0.1, -0.05) is 11.8 Å². The molecule has 0 unspecified atom stereocenters. The topological polar surface area (TPSA) is 105 Å². The molecule has 0 saturated carbocycles. The zero-order chi connectivity index (χ0) is 16.2. The van der Waals surface area contributed by atoms with Gasteiger partial charge in [0.1, 0.15) is 5.03 Å². The van der Waals surface area contributed by atoms with Gasteiger partial charge in [-0.3, -0.25) is 10.1 Å². The Labute approximate surface area is 137 Å². The van der Waals surface area contributed by atoms with Crippen LogP contribution in [0.4, 0.5) is 5.82 Å². The number of rotatable bonds is 5. The summed E-state index contributed by atoms with van der Waals surface area (Å²) in [6, 6.07) is 0. The van der Waals surface area contributed by atoms with Crippen molar-refractivity contribution in [2.45, 2.75) is 17.9 Å². The highest BCUT2D eigenvalue weighted by Crippen LogP contribution is 2.42. The molecule has 23 heavy (non-hydrogen) atoms. The van der Waals surface area contributed by atoms with Crippen LogP contribution < -0.4 is 16.0 Å². The molecule has 0 saturated heterocycles. The molecule has 0 atom stereocenters. The van der Waals surface area contributed by atoms with E-state index in [0.717, 1.165) is 35.6 Å². The van der Waals surface area contributed by atoms with Gasteiger partial charge < -0.3 is 16.0 Å². The first kappa shape index (κ1) is 15.3. The minimum Gasteiger partial charge on any atom is -0.370 e. The Hall–Kier alpha value is -2.55.